The Kier molecular flexibility index (Phi) is 10.3. The number of carbonyl (C=O) groups is 6. The number of nitrogens with zero attached hydrogens (tertiary/aromatic N) is 2. The van der Waals surface area contributed by atoms with Crippen molar-refractivity contribution < 1.29 is 39.0 Å². The van der Waals surface area contributed by atoms with Crippen molar-refractivity contribution >= 4 is 35.6 Å². The summed E-state index contributed by atoms with van der Waals surface area (Å²) in [5.74, 6) is -5.33. The summed E-state index contributed by atoms with van der Waals surface area (Å²) in [7, 11) is 0. The minimum Gasteiger partial charge on any atom is -0.481 e. The number of hydrogen-bond donors (Lipinski definition) is 7. The molecule has 0 bridgehead atoms. The van der Waals surface area contributed by atoms with Crippen molar-refractivity contribution in [2.75, 3.05) is 6.54 Å². The highest BCUT2D eigenvalue weighted by molar-refractivity contribution is 5.94. The number of nitrogens with two attached hydrogens (primary N) is 2. The van der Waals surface area contributed by atoms with Crippen molar-refractivity contribution in [2.24, 2.45) is 11.5 Å². The number of aromatic nitrogens is 2. The van der Waals surface area contributed by atoms with Crippen molar-refractivity contribution in [3.8, 4) is 0 Å². The van der Waals surface area contributed by atoms with Gasteiger partial charge >= 0.3 is 11.9 Å². The number of nitrogens with one attached hydrogen (secondary N) is 3. The van der Waals surface area contributed by atoms with Gasteiger partial charge in [0.1, 0.15) is 18.1 Å². The molecule has 0 aromatic carbocycles. The minimum atomic E-state index is -1.36. The standard InChI is InChI=1S/C21H31N7O8/c22-12(3-5-16(23)29)18(32)26-13(4-6-17(30)31)19(33)27-14(8-11-9-24-10-25-11)20(34)28-7-1-2-15(28)21(35)36/h9-10,12-15H,1-8,22H2,(H2,23,29)(H,24,25)(H,26,32)(H,27,33)(H,30,31)(H,35,36). The van der Waals surface area contributed by atoms with Crippen LogP contribution < -0.4 is 22.1 Å². The van der Waals surface area contributed by atoms with Crippen molar-refractivity contribution in [3.63, 3.8) is 0 Å². The van der Waals surface area contributed by atoms with Crippen LogP contribution in [0.2, 0.25) is 0 Å². The number of carboxylic acids is 2. The number of primary amides is 1. The fourth-order valence-electron chi connectivity index (χ4n) is 3.82. The Labute approximate surface area is 206 Å². The zero-order valence-corrected chi connectivity index (χ0v) is 19.5. The number of aliphatic carboxylic acids is 2. The van der Waals surface area contributed by atoms with E-state index in [2.05, 4.69) is 20.6 Å². The molecule has 0 aliphatic carbocycles. The fraction of sp³-hybridized carbons (Fsp3) is 0.571. The molecule has 4 amide bonds. The number of carbonyl (C=O) groups excluding carboxylic acids is 4. The molecule has 0 spiro atoms. The van der Waals surface area contributed by atoms with Crippen molar-refractivity contribution in [2.45, 2.75) is 69.1 Å². The van der Waals surface area contributed by atoms with E-state index in [1.807, 2.05) is 0 Å². The lowest BCUT2D eigenvalue weighted by Gasteiger charge is -2.28. The molecule has 198 valence electrons. The van der Waals surface area contributed by atoms with Crippen molar-refractivity contribution in [3.05, 3.63) is 18.2 Å². The highest BCUT2D eigenvalue weighted by atomic mass is 16.4. The van der Waals surface area contributed by atoms with Crippen molar-refractivity contribution in [1.82, 2.24) is 25.5 Å². The first-order valence-corrected chi connectivity index (χ1v) is 11.4. The number of amides is 4. The van der Waals surface area contributed by atoms with Gasteiger partial charge in [0.25, 0.3) is 0 Å². The van der Waals surface area contributed by atoms with Gasteiger partial charge in [-0.3, -0.25) is 24.0 Å². The lowest BCUT2D eigenvalue weighted by molar-refractivity contribution is -0.149. The third kappa shape index (κ3) is 8.33. The maximum Gasteiger partial charge on any atom is 0.326 e. The molecule has 4 atom stereocenters. The van der Waals surface area contributed by atoms with E-state index >= 15 is 0 Å². The summed E-state index contributed by atoms with van der Waals surface area (Å²) in [5.41, 5.74) is 11.3. The van der Waals surface area contributed by atoms with Gasteiger partial charge in [0.2, 0.25) is 23.6 Å². The van der Waals surface area contributed by atoms with Gasteiger partial charge in [-0.25, -0.2) is 9.78 Å². The van der Waals surface area contributed by atoms with Crippen LogP contribution in [-0.4, -0.2) is 91.4 Å². The lowest BCUT2D eigenvalue weighted by atomic mass is 10.1. The Hall–Kier alpha value is -4.01. The van der Waals surface area contributed by atoms with Crippen LogP contribution in [0, 0.1) is 0 Å². The number of H-pyrrole nitrogens is 1. The molecule has 2 rings (SSSR count). The van der Waals surface area contributed by atoms with Gasteiger partial charge in [-0.15, -0.1) is 0 Å². The van der Waals surface area contributed by atoms with Gasteiger partial charge in [0.05, 0.1) is 12.4 Å². The first-order chi connectivity index (χ1) is 17.0. The van der Waals surface area contributed by atoms with Crippen LogP contribution >= 0.6 is 0 Å². The molecule has 15 heteroatoms. The first-order valence-electron chi connectivity index (χ1n) is 11.4. The van der Waals surface area contributed by atoms with Gasteiger partial charge in [-0.2, -0.15) is 0 Å². The van der Waals surface area contributed by atoms with Gasteiger partial charge in [-0.1, -0.05) is 0 Å². The predicted octanol–water partition coefficient (Wildman–Crippen LogP) is -2.54. The molecule has 1 aliphatic heterocycles. The van der Waals surface area contributed by atoms with Crippen LogP contribution in [0.1, 0.15) is 44.2 Å². The monoisotopic (exact) mass is 509 g/mol. The number of likely N-dealkylation sites (tertiary alicyclic amines) is 1. The smallest absolute Gasteiger partial charge is 0.326 e. The van der Waals surface area contributed by atoms with Crippen LogP contribution in [0.3, 0.4) is 0 Å². The average molecular weight is 510 g/mol. The largest absolute Gasteiger partial charge is 0.481 e. The molecule has 1 aromatic rings. The van der Waals surface area contributed by atoms with Crippen LogP contribution in [-0.2, 0) is 35.2 Å². The Morgan fingerprint density at radius 2 is 1.78 bits per heavy atom. The maximum absolute atomic E-state index is 13.3. The second-order valence-electron chi connectivity index (χ2n) is 8.48. The quantitative estimate of drug-likeness (QED) is 0.138. The van der Waals surface area contributed by atoms with E-state index in [0.717, 1.165) is 0 Å². The lowest BCUT2D eigenvalue weighted by Crippen LogP contribution is -2.57. The van der Waals surface area contributed by atoms with E-state index < -0.39 is 66.2 Å². The number of imidazole rings is 1. The highest BCUT2D eigenvalue weighted by Gasteiger charge is 2.38. The molecule has 2 heterocycles. The van der Waals surface area contributed by atoms with Crippen LogP contribution in [0.15, 0.2) is 12.5 Å². The van der Waals surface area contributed by atoms with Gasteiger partial charge < -0.3 is 42.2 Å². The summed E-state index contributed by atoms with van der Waals surface area (Å²) >= 11 is 0. The van der Waals surface area contributed by atoms with Crippen molar-refractivity contribution in [1.29, 1.82) is 0 Å². The van der Waals surface area contributed by atoms with E-state index in [9.17, 15) is 33.9 Å². The molecule has 36 heavy (non-hydrogen) atoms. The Bertz CT molecular complexity index is 967. The molecule has 1 saturated heterocycles. The van der Waals surface area contributed by atoms with Crippen LogP contribution in [0.5, 0.6) is 0 Å². The second-order valence-corrected chi connectivity index (χ2v) is 8.48. The molecular formula is C21H31N7O8. The summed E-state index contributed by atoms with van der Waals surface area (Å²) in [5, 5.41) is 23.4. The normalized spacial score (nSPS) is 17.6. The molecule has 1 aromatic heterocycles. The van der Waals surface area contributed by atoms with Crippen LogP contribution in [0.4, 0.5) is 0 Å². The molecule has 1 fully saturated rings. The topological polar surface area (TPSA) is 251 Å². The average Bonchev–Trinajstić information content (AvgIpc) is 3.51. The second kappa shape index (κ2) is 13.2. The van der Waals surface area contributed by atoms with E-state index in [1.54, 1.807) is 0 Å². The SMILES string of the molecule is NC(=O)CCC(N)C(=O)NC(CCC(=O)O)C(=O)NC(Cc1cnc[nH]1)C(=O)N1CCCC1C(=O)O. The Morgan fingerprint density at radius 1 is 1.08 bits per heavy atom. The number of rotatable bonds is 14. The van der Waals surface area contributed by atoms with E-state index in [4.69, 9.17) is 16.6 Å². The molecular weight excluding hydrogens is 478 g/mol. The first kappa shape index (κ1) is 28.2. The number of hydrogen-bond acceptors (Lipinski definition) is 8. The zero-order chi connectivity index (χ0) is 26.8. The summed E-state index contributed by atoms with van der Waals surface area (Å²) in [4.78, 5) is 80.3. The molecule has 9 N–H and O–H groups in total. The van der Waals surface area contributed by atoms with E-state index in [1.165, 1.54) is 17.4 Å². The van der Waals surface area contributed by atoms with Gasteiger partial charge in [0.15, 0.2) is 0 Å². The molecule has 0 radical (unpaired) electrons. The number of carboxylic acid groups (broad SMARTS) is 2. The van der Waals surface area contributed by atoms with Gasteiger partial charge in [0, 0.05) is 37.7 Å². The van der Waals surface area contributed by atoms with E-state index in [0.29, 0.717) is 12.1 Å². The Balaban J connectivity index is 2.20. The molecule has 1 aliphatic rings. The maximum atomic E-state index is 13.3. The number of aromatic amines is 1. The zero-order valence-electron chi connectivity index (χ0n) is 19.5. The minimum absolute atomic E-state index is 0.0505. The molecule has 15 nitrogen and oxygen atoms in total. The van der Waals surface area contributed by atoms with Gasteiger partial charge in [-0.05, 0) is 25.7 Å². The summed E-state index contributed by atoms with van der Waals surface area (Å²) in [6, 6.07) is -4.80. The predicted molar refractivity (Wildman–Crippen MR) is 122 cm³/mol. The Morgan fingerprint density at radius 3 is 2.36 bits per heavy atom. The molecule has 4 unspecified atom stereocenters. The third-order valence-corrected chi connectivity index (χ3v) is 5.73. The highest BCUT2D eigenvalue weighted by Crippen LogP contribution is 2.19. The fourth-order valence-corrected chi connectivity index (χ4v) is 3.82. The van der Waals surface area contributed by atoms with Crippen LogP contribution in [0.25, 0.3) is 0 Å². The van der Waals surface area contributed by atoms with E-state index in [-0.39, 0.29) is 38.6 Å². The summed E-state index contributed by atoms with van der Waals surface area (Å²) in [6.07, 6.45) is 2.49. The summed E-state index contributed by atoms with van der Waals surface area (Å²) in [6.45, 7) is 0.193. The summed E-state index contributed by atoms with van der Waals surface area (Å²) < 4.78 is 0. The molecule has 0 saturated carbocycles. The third-order valence-electron chi connectivity index (χ3n) is 5.73.